The Morgan fingerprint density at radius 2 is 2.00 bits per heavy atom. The maximum absolute atomic E-state index is 12.9. The molecule has 1 N–H and O–H groups in total. The van der Waals surface area contributed by atoms with Crippen molar-refractivity contribution in [3.05, 3.63) is 86.3 Å². The summed E-state index contributed by atoms with van der Waals surface area (Å²) < 4.78 is 1.08. The van der Waals surface area contributed by atoms with E-state index in [1.807, 2.05) is 35.7 Å². The van der Waals surface area contributed by atoms with Gasteiger partial charge in [-0.2, -0.15) is 9.78 Å². The molecule has 0 bridgehead atoms. The molecular weight excluding hydrogens is 380 g/mol. The fourth-order valence-corrected chi connectivity index (χ4v) is 3.64. The Balaban J connectivity index is 1.77. The molecule has 8 nitrogen and oxygen atoms in total. The molecule has 2 aromatic carbocycles. The van der Waals surface area contributed by atoms with Gasteiger partial charge in [-0.05, 0) is 17.7 Å². The number of hydrogen-bond acceptors (Lipinski definition) is 7. The van der Waals surface area contributed by atoms with Crippen LogP contribution in [0.25, 0.3) is 21.3 Å². The zero-order valence-electron chi connectivity index (χ0n) is 14.2. The zero-order valence-corrected chi connectivity index (χ0v) is 15.0. The number of nitro benzene ring substituents is 1. The number of nitro groups is 1. The van der Waals surface area contributed by atoms with Gasteiger partial charge in [0.1, 0.15) is 11.2 Å². The minimum atomic E-state index is -0.691. The second-order valence-corrected chi connectivity index (χ2v) is 6.70. The Kier molecular flexibility index (Phi) is 4.42. The number of benzene rings is 2. The maximum Gasteiger partial charge on any atom is 0.311 e. The molecule has 2 heterocycles. The lowest BCUT2D eigenvalue weighted by Gasteiger charge is -2.01. The van der Waals surface area contributed by atoms with Crippen molar-refractivity contribution < 1.29 is 10.0 Å². The third-order valence-corrected chi connectivity index (χ3v) is 4.98. The van der Waals surface area contributed by atoms with Gasteiger partial charge in [0, 0.05) is 22.6 Å². The summed E-state index contributed by atoms with van der Waals surface area (Å²) in [4.78, 5) is 28.0. The van der Waals surface area contributed by atoms with Crippen LogP contribution in [-0.4, -0.2) is 25.9 Å². The third-order valence-electron chi connectivity index (χ3n) is 4.09. The van der Waals surface area contributed by atoms with Gasteiger partial charge >= 0.3 is 5.69 Å². The molecule has 138 valence electrons. The molecule has 0 fully saturated rings. The second kappa shape index (κ2) is 7.05. The summed E-state index contributed by atoms with van der Waals surface area (Å²) in [5, 5.41) is 26.9. The topological polar surface area (TPSA) is 111 Å². The van der Waals surface area contributed by atoms with E-state index >= 15 is 0 Å². The molecule has 0 aliphatic rings. The largest absolute Gasteiger partial charge is 0.502 e. The highest BCUT2D eigenvalue weighted by Crippen LogP contribution is 2.30. The Morgan fingerprint density at radius 1 is 1.21 bits per heavy atom. The number of hydrogen-bond donors (Lipinski definition) is 1. The van der Waals surface area contributed by atoms with Crippen molar-refractivity contribution in [2.45, 2.75) is 0 Å². The SMILES string of the molecule is O=c1c2c(-c3ccccc3)csc2ncn1N=Cc1ccc(O)c([N+](=O)[O-])c1. The highest BCUT2D eigenvalue weighted by atomic mass is 32.1. The van der Waals surface area contributed by atoms with Crippen molar-refractivity contribution in [3.63, 3.8) is 0 Å². The molecule has 4 rings (SSSR count). The van der Waals surface area contributed by atoms with E-state index in [0.29, 0.717) is 15.8 Å². The summed E-state index contributed by atoms with van der Waals surface area (Å²) in [6, 6.07) is 13.4. The van der Waals surface area contributed by atoms with Crippen LogP contribution >= 0.6 is 11.3 Å². The summed E-state index contributed by atoms with van der Waals surface area (Å²) in [6.45, 7) is 0. The van der Waals surface area contributed by atoms with E-state index < -0.39 is 16.4 Å². The van der Waals surface area contributed by atoms with Gasteiger partial charge in [0.2, 0.25) is 0 Å². The van der Waals surface area contributed by atoms with Gasteiger partial charge in [0.15, 0.2) is 5.75 Å². The fraction of sp³-hybridized carbons (Fsp3) is 0. The normalized spacial score (nSPS) is 11.3. The molecule has 0 radical (unpaired) electrons. The first-order valence-electron chi connectivity index (χ1n) is 8.10. The van der Waals surface area contributed by atoms with E-state index in [-0.39, 0.29) is 5.56 Å². The number of thiophene rings is 1. The minimum absolute atomic E-state index is 0.338. The highest BCUT2D eigenvalue weighted by molar-refractivity contribution is 7.17. The summed E-state index contributed by atoms with van der Waals surface area (Å²) in [6.07, 6.45) is 2.61. The van der Waals surface area contributed by atoms with Crippen LogP contribution < -0.4 is 5.56 Å². The van der Waals surface area contributed by atoms with Gasteiger partial charge in [0.05, 0.1) is 16.5 Å². The molecular formula is C19H12N4O4S. The molecule has 9 heteroatoms. The van der Waals surface area contributed by atoms with Crippen molar-refractivity contribution in [3.8, 4) is 16.9 Å². The lowest BCUT2D eigenvalue weighted by molar-refractivity contribution is -0.385. The summed E-state index contributed by atoms with van der Waals surface area (Å²) in [5.74, 6) is -0.437. The van der Waals surface area contributed by atoms with Crippen molar-refractivity contribution in [2.75, 3.05) is 0 Å². The molecule has 0 spiro atoms. The van der Waals surface area contributed by atoms with Gasteiger partial charge in [-0.15, -0.1) is 11.3 Å². The van der Waals surface area contributed by atoms with Crippen molar-refractivity contribution in [1.29, 1.82) is 0 Å². The van der Waals surface area contributed by atoms with Gasteiger partial charge in [-0.3, -0.25) is 14.9 Å². The lowest BCUT2D eigenvalue weighted by atomic mass is 10.1. The monoisotopic (exact) mass is 392 g/mol. The first-order chi connectivity index (χ1) is 13.5. The molecule has 0 aliphatic carbocycles. The molecule has 0 amide bonds. The maximum atomic E-state index is 12.9. The molecule has 0 saturated heterocycles. The second-order valence-electron chi connectivity index (χ2n) is 5.84. The van der Waals surface area contributed by atoms with Crippen molar-refractivity contribution >= 4 is 33.5 Å². The minimum Gasteiger partial charge on any atom is -0.502 e. The predicted octanol–water partition coefficient (Wildman–Crippen LogP) is 3.62. The number of phenols is 1. The summed E-state index contributed by atoms with van der Waals surface area (Å²) in [5.41, 5.74) is 1.28. The lowest BCUT2D eigenvalue weighted by Crippen LogP contribution is -2.16. The molecule has 0 saturated carbocycles. The van der Waals surface area contributed by atoms with Crippen LogP contribution in [0.1, 0.15) is 5.56 Å². The Hall–Kier alpha value is -3.85. The van der Waals surface area contributed by atoms with E-state index in [4.69, 9.17) is 0 Å². The van der Waals surface area contributed by atoms with E-state index in [2.05, 4.69) is 10.1 Å². The Bertz CT molecular complexity index is 1280. The average Bonchev–Trinajstić information content (AvgIpc) is 3.14. The van der Waals surface area contributed by atoms with Crippen LogP contribution in [0.5, 0.6) is 5.75 Å². The number of aromatic nitrogens is 2. The third kappa shape index (κ3) is 3.14. The summed E-state index contributed by atoms with van der Waals surface area (Å²) >= 11 is 1.37. The smallest absolute Gasteiger partial charge is 0.311 e. The van der Waals surface area contributed by atoms with Gasteiger partial charge in [-0.25, -0.2) is 4.98 Å². The number of rotatable bonds is 4. The number of fused-ring (bicyclic) bond motifs is 1. The first-order valence-corrected chi connectivity index (χ1v) is 8.98. The molecule has 2 aromatic heterocycles. The van der Waals surface area contributed by atoms with E-state index in [0.717, 1.165) is 15.8 Å². The molecule has 28 heavy (non-hydrogen) atoms. The van der Waals surface area contributed by atoms with Crippen molar-refractivity contribution in [1.82, 2.24) is 9.66 Å². The molecule has 0 aliphatic heterocycles. The molecule has 4 aromatic rings. The molecule has 0 unspecified atom stereocenters. The average molecular weight is 392 g/mol. The van der Waals surface area contributed by atoms with Gasteiger partial charge in [0.25, 0.3) is 5.56 Å². The van der Waals surface area contributed by atoms with Crippen LogP contribution in [0.3, 0.4) is 0 Å². The van der Waals surface area contributed by atoms with E-state index in [1.54, 1.807) is 0 Å². The Labute approximate surface area is 161 Å². The Morgan fingerprint density at radius 3 is 2.75 bits per heavy atom. The number of phenolic OH excluding ortho intramolecular Hbond substituents is 1. The summed E-state index contributed by atoms with van der Waals surface area (Å²) in [7, 11) is 0. The van der Waals surface area contributed by atoms with Crippen molar-refractivity contribution in [2.24, 2.45) is 5.10 Å². The fourth-order valence-electron chi connectivity index (χ4n) is 2.73. The van der Waals surface area contributed by atoms with Gasteiger partial charge < -0.3 is 5.11 Å². The van der Waals surface area contributed by atoms with Crippen LogP contribution in [0.2, 0.25) is 0 Å². The van der Waals surface area contributed by atoms with E-state index in [9.17, 15) is 20.0 Å². The molecule has 0 atom stereocenters. The van der Waals surface area contributed by atoms with Crippen LogP contribution in [0, 0.1) is 10.1 Å². The predicted molar refractivity (Wildman–Crippen MR) is 107 cm³/mol. The van der Waals surface area contributed by atoms with Crippen LogP contribution in [0.4, 0.5) is 5.69 Å². The first kappa shape index (κ1) is 17.6. The number of aromatic hydroxyl groups is 1. The highest BCUT2D eigenvalue weighted by Gasteiger charge is 2.14. The van der Waals surface area contributed by atoms with Gasteiger partial charge in [-0.1, -0.05) is 30.3 Å². The van der Waals surface area contributed by atoms with Crippen LogP contribution in [0.15, 0.2) is 70.1 Å². The standard InChI is InChI=1S/C19H12N4O4S/c24-16-7-6-12(8-15(16)23(26)27)9-21-22-11-20-18-17(19(22)25)14(10-28-18)13-4-2-1-3-5-13/h1-11,24H. The number of nitrogens with zero attached hydrogens (tertiary/aromatic N) is 4. The quantitative estimate of drug-likeness (QED) is 0.324. The van der Waals surface area contributed by atoms with Crippen LogP contribution in [-0.2, 0) is 0 Å². The zero-order chi connectivity index (χ0) is 19.7. The van der Waals surface area contributed by atoms with E-state index in [1.165, 1.54) is 42.1 Å².